The van der Waals surface area contributed by atoms with Crippen LogP contribution in [0.2, 0.25) is 5.02 Å². The molecular weight excluding hydrogens is 442 g/mol. The number of carbonyl (C=O) groups is 2. The van der Waals surface area contributed by atoms with Gasteiger partial charge in [0.2, 0.25) is 17.8 Å². The lowest BCUT2D eigenvalue weighted by atomic mass is 9.92. The number of H-pyrrole nitrogens is 1. The molecule has 0 bridgehead atoms. The second-order valence-electron chi connectivity index (χ2n) is 8.35. The van der Waals surface area contributed by atoms with Crippen LogP contribution in [-0.2, 0) is 22.6 Å². The zero-order valence-corrected chi connectivity index (χ0v) is 18.7. The molecule has 0 fully saturated rings. The summed E-state index contributed by atoms with van der Waals surface area (Å²) in [7, 11) is 0. The molecule has 0 radical (unpaired) electrons. The first kappa shape index (κ1) is 21.2. The van der Waals surface area contributed by atoms with Gasteiger partial charge in [-0.1, -0.05) is 41.9 Å². The Morgan fingerprint density at radius 3 is 2.76 bits per heavy atom. The molecule has 0 saturated carbocycles. The van der Waals surface area contributed by atoms with E-state index in [0.29, 0.717) is 29.7 Å². The van der Waals surface area contributed by atoms with Crippen molar-refractivity contribution in [1.29, 1.82) is 0 Å². The van der Waals surface area contributed by atoms with Crippen LogP contribution in [0.5, 0.6) is 0 Å². The van der Waals surface area contributed by atoms with Crippen LogP contribution in [0.4, 0.5) is 17.5 Å². The lowest BCUT2D eigenvalue weighted by Gasteiger charge is -2.30. The van der Waals surface area contributed by atoms with Crippen molar-refractivity contribution >= 4 is 40.9 Å². The summed E-state index contributed by atoms with van der Waals surface area (Å²) >= 11 is 6.15. The Hall–Kier alpha value is -3.65. The Kier molecular flexibility index (Phi) is 5.38. The Morgan fingerprint density at radius 1 is 1.18 bits per heavy atom. The van der Waals surface area contributed by atoms with E-state index in [1.165, 1.54) is 11.1 Å². The number of nitrogens with zero attached hydrogens (tertiary/aromatic N) is 2. The maximum absolute atomic E-state index is 13.1. The number of rotatable bonds is 3. The number of anilines is 3. The number of halogens is 1. The number of hydrogen-bond acceptors (Lipinski definition) is 5. The molecule has 3 aromatic rings. The number of aryl methyl sites for hydroxylation is 1. The number of fused-ring (bicyclic) bond motifs is 2. The van der Waals surface area contributed by atoms with E-state index in [1.807, 2.05) is 24.0 Å². The van der Waals surface area contributed by atoms with Crippen LogP contribution >= 0.6 is 11.6 Å². The first-order valence-electron chi connectivity index (χ1n) is 10.7. The predicted octanol–water partition coefficient (Wildman–Crippen LogP) is 3.36. The molecule has 3 heterocycles. The number of amides is 2. The second kappa shape index (κ2) is 8.37. The Morgan fingerprint density at radius 2 is 1.97 bits per heavy atom. The van der Waals surface area contributed by atoms with Gasteiger partial charge >= 0.3 is 0 Å². The second-order valence-corrected chi connectivity index (χ2v) is 8.76. The molecule has 2 aromatic carbocycles. The van der Waals surface area contributed by atoms with Gasteiger partial charge in [0.05, 0.1) is 11.5 Å². The number of aromatic nitrogens is 2. The van der Waals surface area contributed by atoms with Crippen LogP contribution in [-0.4, -0.2) is 28.3 Å². The van der Waals surface area contributed by atoms with Gasteiger partial charge in [-0.25, -0.2) is 0 Å². The van der Waals surface area contributed by atoms with Crippen molar-refractivity contribution in [3.63, 3.8) is 0 Å². The van der Waals surface area contributed by atoms with E-state index in [-0.39, 0.29) is 23.7 Å². The number of carbonyl (C=O) groups excluding carboxylic acids is 2. The lowest BCUT2D eigenvalue weighted by Crippen LogP contribution is -2.38. The third-order valence-corrected chi connectivity index (χ3v) is 6.53. The SMILES string of the molecule is Cc1ccc(NC(=O)[C@@H]2CC(=O)Nc3nc(N4CCc5ccccc5C4)[nH]c(=O)c32)cc1Cl. The average Bonchev–Trinajstić information content (AvgIpc) is 2.80. The van der Waals surface area contributed by atoms with E-state index >= 15 is 0 Å². The fraction of sp³-hybridized carbons (Fsp3) is 0.250. The highest BCUT2D eigenvalue weighted by atomic mass is 35.5. The van der Waals surface area contributed by atoms with E-state index in [2.05, 4.69) is 32.7 Å². The van der Waals surface area contributed by atoms with Crippen molar-refractivity contribution in [3.8, 4) is 0 Å². The third-order valence-electron chi connectivity index (χ3n) is 6.12. The highest BCUT2D eigenvalue weighted by molar-refractivity contribution is 6.31. The molecular formula is C24H22ClN5O3. The van der Waals surface area contributed by atoms with Gasteiger partial charge in [-0.05, 0) is 42.2 Å². The van der Waals surface area contributed by atoms with Crippen molar-refractivity contribution in [1.82, 2.24) is 9.97 Å². The Bertz CT molecular complexity index is 1340. The van der Waals surface area contributed by atoms with Gasteiger partial charge in [-0.3, -0.25) is 19.4 Å². The van der Waals surface area contributed by atoms with Crippen LogP contribution in [0.25, 0.3) is 0 Å². The van der Waals surface area contributed by atoms with E-state index in [0.717, 1.165) is 12.0 Å². The normalized spacial score (nSPS) is 17.1. The number of hydrogen-bond donors (Lipinski definition) is 3. The molecule has 5 rings (SSSR count). The Labute approximate surface area is 195 Å². The summed E-state index contributed by atoms with van der Waals surface area (Å²) in [5.74, 6) is -1.28. The van der Waals surface area contributed by atoms with Crippen LogP contribution in [0, 0.1) is 6.92 Å². The van der Waals surface area contributed by atoms with E-state index < -0.39 is 17.4 Å². The van der Waals surface area contributed by atoms with Crippen LogP contribution < -0.4 is 21.1 Å². The Balaban J connectivity index is 1.44. The molecule has 1 aromatic heterocycles. The highest BCUT2D eigenvalue weighted by Crippen LogP contribution is 2.31. The standard InChI is InChI=1S/C24H22ClN5O3/c1-13-6-7-16(10-18(13)25)26-22(32)17-11-19(31)27-21-20(17)23(33)29-24(28-21)30-9-8-14-4-2-3-5-15(14)12-30/h2-7,10,17H,8-9,11-12H2,1H3,(H,26,32)(H2,27,28,29,31,33)/t17-/m1/s1. The summed E-state index contributed by atoms with van der Waals surface area (Å²) in [6, 6.07) is 13.3. The largest absolute Gasteiger partial charge is 0.338 e. The van der Waals surface area contributed by atoms with Gasteiger partial charge in [0.1, 0.15) is 5.82 Å². The molecule has 3 N–H and O–H groups in total. The molecule has 168 valence electrons. The van der Waals surface area contributed by atoms with Gasteiger partial charge in [0.25, 0.3) is 5.56 Å². The van der Waals surface area contributed by atoms with Crippen LogP contribution in [0.1, 0.15) is 34.6 Å². The lowest BCUT2D eigenvalue weighted by molar-refractivity contribution is -0.123. The number of nitrogens with one attached hydrogen (secondary N) is 3. The predicted molar refractivity (Wildman–Crippen MR) is 127 cm³/mol. The summed E-state index contributed by atoms with van der Waals surface area (Å²) in [5, 5.41) is 5.95. The summed E-state index contributed by atoms with van der Waals surface area (Å²) in [4.78, 5) is 47.8. The topological polar surface area (TPSA) is 107 Å². The minimum Gasteiger partial charge on any atom is -0.338 e. The van der Waals surface area contributed by atoms with E-state index in [4.69, 9.17) is 11.6 Å². The molecule has 8 nitrogen and oxygen atoms in total. The van der Waals surface area contributed by atoms with E-state index in [9.17, 15) is 14.4 Å². The zero-order valence-electron chi connectivity index (χ0n) is 17.9. The minimum absolute atomic E-state index is 0.131. The highest BCUT2D eigenvalue weighted by Gasteiger charge is 2.35. The number of aromatic amines is 1. The molecule has 9 heteroatoms. The smallest absolute Gasteiger partial charge is 0.258 e. The average molecular weight is 464 g/mol. The molecule has 0 unspecified atom stereocenters. The molecule has 0 aliphatic carbocycles. The summed E-state index contributed by atoms with van der Waals surface area (Å²) in [6.07, 6.45) is 0.688. The first-order chi connectivity index (χ1) is 15.9. The molecule has 0 saturated heterocycles. The maximum atomic E-state index is 13.1. The van der Waals surface area contributed by atoms with Crippen molar-refractivity contribution in [3.05, 3.63) is 80.1 Å². The van der Waals surface area contributed by atoms with E-state index in [1.54, 1.807) is 18.2 Å². The maximum Gasteiger partial charge on any atom is 0.258 e. The fourth-order valence-electron chi connectivity index (χ4n) is 4.31. The summed E-state index contributed by atoms with van der Waals surface area (Å²) < 4.78 is 0. The quantitative estimate of drug-likeness (QED) is 0.552. The molecule has 2 aliphatic heterocycles. The zero-order chi connectivity index (χ0) is 23.1. The van der Waals surface area contributed by atoms with Crippen LogP contribution in [0.3, 0.4) is 0 Å². The number of benzene rings is 2. The van der Waals surface area contributed by atoms with Gasteiger partial charge in [-0.2, -0.15) is 4.98 Å². The van der Waals surface area contributed by atoms with Gasteiger partial charge in [0, 0.05) is 30.2 Å². The summed E-state index contributed by atoms with van der Waals surface area (Å²) in [6.45, 7) is 3.15. The fourth-order valence-corrected chi connectivity index (χ4v) is 4.49. The van der Waals surface area contributed by atoms with Crippen molar-refractivity contribution in [2.45, 2.75) is 32.2 Å². The molecule has 1 atom stereocenters. The minimum atomic E-state index is -0.957. The molecule has 2 amide bonds. The first-order valence-corrected chi connectivity index (χ1v) is 11.1. The van der Waals surface area contributed by atoms with Crippen molar-refractivity contribution in [2.75, 3.05) is 22.1 Å². The van der Waals surface area contributed by atoms with Crippen molar-refractivity contribution < 1.29 is 9.59 Å². The molecule has 2 aliphatic rings. The molecule has 0 spiro atoms. The van der Waals surface area contributed by atoms with Gasteiger partial charge in [0.15, 0.2) is 0 Å². The summed E-state index contributed by atoms with van der Waals surface area (Å²) in [5.41, 5.74) is 3.54. The monoisotopic (exact) mass is 463 g/mol. The molecule has 33 heavy (non-hydrogen) atoms. The van der Waals surface area contributed by atoms with Gasteiger partial charge < -0.3 is 15.5 Å². The third kappa shape index (κ3) is 4.09. The van der Waals surface area contributed by atoms with Crippen LogP contribution in [0.15, 0.2) is 47.3 Å². The van der Waals surface area contributed by atoms with Gasteiger partial charge in [-0.15, -0.1) is 0 Å². The van der Waals surface area contributed by atoms with Crippen molar-refractivity contribution in [2.24, 2.45) is 0 Å².